The van der Waals surface area contributed by atoms with E-state index < -0.39 is 5.97 Å². The third-order valence-corrected chi connectivity index (χ3v) is 4.80. The Balaban J connectivity index is 1.98. The molecule has 0 atom stereocenters. The smallest absolute Gasteiger partial charge is 0.341 e. The minimum Gasteiger partial charge on any atom is -0.462 e. The Morgan fingerprint density at radius 1 is 1.12 bits per heavy atom. The number of rotatable bonds is 5. The predicted molar refractivity (Wildman–Crippen MR) is 105 cm³/mol. The molecule has 2 aromatic carbocycles. The molecule has 0 aliphatic heterocycles. The first-order chi connectivity index (χ1) is 12.6. The average Bonchev–Trinajstić information content (AvgIpc) is 3.06. The molecule has 0 fully saturated rings. The lowest BCUT2D eigenvalue weighted by Crippen LogP contribution is -2.14. The third-order valence-electron chi connectivity index (χ3n) is 3.67. The van der Waals surface area contributed by atoms with Crippen LogP contribution in [-0.4, -0.2) is 18.5 Å². The maximum absolute atomic E-state index is 12.5. The zero-order chi connectivity index (χ0) is 18.5. The van der Waals surface area contributed by atoms with Crippen LogP contribution in [0.15, 0.2) is 60.0 Å². The van der Waals surface area contributed by atoms with Crippen LogP contribution in [0.25, 0.3) is 11.1 Å². The molecule has 4 nitrogen and oxygen atoms in total. The highest BCUT2D eigenvalue weighted by Gasteiger charge is 2.23. The van der Waals surface area contributed by atoms with Crippen molar-refractivity contribution in [3.05, 3.63) is 76.1 Å². The minimum absolute atomic E-state index is 0.255. The summed E-state index contributed by atoms with van der Waals surface area (Å²) in [6.07, 6.45) is 0. The van der Waals surface area contributed by atoms with Gasteiger partial charge in [0.15, 0.2) is 0 Å². The van der Waals surface area contributed by atoms with Gasteiger partial charge in [-0.25, -0.2) is 4.79 Å². The second-order valence-corrected chi connectivity index (χ2v) is 6.72. The fraction of sp³-hybridized carbons (Fsp3) is 0.100. The molecular formula is C20H16ClNO3S. The van der Waals surface area contributed by atoms with Gasteiger partial charge in [0.1, 0.15) is 10.6 Å². The topological polar surface area (TPSA) is 55.4 Å². The van der Waals surface area contributed by atoms with Gasteiger partial charge >= 0.3 is 5.97 Å². The molecule has 0 radical (unpaired) electrons. The first-order valence-corrected chi connectivity index (χ1v) is 9.27. The molecule has 1 aromatic heterocycles. The first-order valence-electron chi connectivity index (χ1n) is 8.01. The van der Waals surface area contributed by atoms with Gasteiger partial charge in [0.05, 0.1) is 6.61 Å². The van der Waals surface area contributed by atoms with Crippen LogP contribution in [0.1, 0.15) is 27.6 Å². The Hall–Kier alpha value is -2.63. The lowest BCUT2D eigenvalue weighted by molar-refractivity contribution is 0.0529. The molecule has 132 valence electrons. The van der Waals surface area contributed by atoms with Crippen molar-refractivity contribution in [1.29, 1.82) is 0 Å². The van der Waals surface area contributed by atoms with Gasteiger partial charge in [-0.1, -0.05) is 48.0 Å². The summed E-state index contributed by atoms with van der Waals surface area (Å²) in [4.78, 5) is 25.0. The standard InChI is InChI=1S/C20H16ClNO3S/c1-2-25-20(24)17-16(13-7-4-3-5-8-13)12-26-19(17)22-18(23)14-9-6-10-15(21)11-14/h3-12H,2H2,1H3,(H,22,23). The van der Waals surface area contributed by atoms with Crippen molar-refractivity contribution in [3.63, 3.8) is 0 Å². The fourth-order valence-electron chi connectivity index (χ4n) is 2.49. The zero-order valence-electron chi connectivity index (χ0n) is 14.0. The number of carbonyl (C=O) groups is 2. The van der Waals surface area contributed by atoms with E-state index in [2.05, 4.69) is 5.32 Å². The first kappa shape index (κ1) is 18.2. The van der Waals surface area contributed by atoms with E-state index in [0.717, 1.165) is 11.1 Å². The summed E-state index contributed by atoms with van der Waals surface area (Å²) in [7, 11) is 0. The highest BCUT2D eigenvalue weighted by Crippen LogP contribution is 2.36. The molecule has 0 saturated heterocycles. The lowest BCUT2D eigenvalue weighted by Gasteiger charge is -2.09. The Morgan fingerprint density at radius 2 is 1.88 bits per heavy atom. The number of amides is 1. The molecule has 0 spiro atoms. The summed E-state index contributed by atoms with van der Waals surface area (Å²) >= 11 is 7.23. The Bertz CT molecular complexity index is 937. The van der Waals surface area contributed by atoms with Gasteiger partial charge < -0.3 is 10.1 Å². The van der Waals surface area contributed by atoms with Crippen molar-refractivity contribution < 1.29 is 14.3 Å². The number of anilines is 1. The van der Waals surface area contributed by atoms with E-state index in [4.69, 9.17) is 16.3 Å². The molecule has 1 N–H and O–H groups in total. The van der Waals surface area contributed by atoms with Crippen LogP contribution >= 0.6 is 22.9 Å². The third kappa shape index (κ3) is 3.95. The molecule has 0 unspecified atom stereocenters. The molecule has 0 saturated carbocycles. The molecule has 3 aromatic rings. The van der Waals surface area contributed by atoms with E-state index >= 15 is 0 Å². The van der Waals surface area contributed by atoms with E-state index in [1.165, 1.54) is 11.3 Å². The van der Waals surface area contributed by atoms with Crippen LogP contribution in [0.3, 0.4) is 0 Å². The zero-order valence-corrected chi connectivity index (χ0v) is 15.6. The molecule has 1 amide bonds. The van der Waals surface area contributed by atoms with E-state index in [0.29, 0.717) is 21.2 Å². The van der Waals surface area contributed by atoms with Gasteiger partial charge in [0.25, 0.3) is 5.91 Å². The number of halogens is 1. The Morgan fingerprint density at radius 3 is 2.58 bits per heavy atom. The van der Waals surface area contributed by atoms with Gasteiger partial charge in [-0.3, -0.25) is 4.79 Å². The maximum Gasteiger partial charge on any atom is 0.341 e. The van der Waals surface area contributed by atoms with Crippen LogP contribution in [0.4, 0.5) is 5.00 Å². The van der Waals surface area contributed by atoms with E-state index in [1.54, 1.807) is 31.2 Å². The summed E-state index contributed by atoms with van der Waals surface area (Å²) < 4.78 is 5.19. The Labute approximate surface area is 160 Å². The monoisotopic (exact) mass is 385 g/mol. The van der Waals surface area contributed by atoms with E-state index in [9.17, 15) is 9.59 Å². The second kappa shape index (κ2) is 8.17. The average molecular weight is 386 g/mol. The number of thiophene rings is 1. The van der Waals surface area contributed by atoms with Gasteiger partial charge in [0.2, 0.25) is 0 Å². The van der Waals surface area contributed by atoms with Gasteiger partial charge in [0, 0.05) is 21.5 Å². The summed E-state index contributed by atoms with van der Waals surface area (Å²) in [5.41, 5.74) is 2.39. The normalized spacial score (nSPS) is 10.4. The van der Waals surface area contributed by atoms with Crippen molar-refractivity contribution >= 4 is 39.8 Å². The van der Waals surface area contributed by atoms with Crippen molar-refractivity contribution in [2.24, 2.45) is 0 Å². The quantitative estimate of drug-likeness (QED) is 0.590. The largest absolute Gasteiger partial charge is 0.462 e. The molecule has 1 heterocycles. The van der Waals surface area contributed by atoms with E-state index in [-0.39, 0.29) is 12.5 Å². The number of ether oxygens (including phenoxy) is 1. The van der Waals surface area contributed by atoms with Crippen LogP contribution in [0.2, 0.25) is 5.02 Å². The number of nitrogens with one attached hydrogen (secondary N) is 1. The van der Waals surface area contributed by atoms with Crippen LogP contribution < -0.4 is 5.32 Å². The number of benzene rings is 2. The number of esters is 1. The molecule has 0 bridgehead atoms. The van der Waals surface area contributed by atoms with Crippen LogP contribution in [0.5, 0.6) is 0 Å². The maximum atomic E-state index is 12.5. The highest BCUT2D eigenvalue weighted by molar-refractivity contribution is 7.15. The Kier molecular flexibility index (Phi) is 5.71. The molecule has 6 heteroatoms. The van der Waals surface area contributed by atoms with Crippen LogP contribution in [-0.2, 0) is 4.74 Å². The lowest BCUT2D eigenvalue weighted by atomic mass is 10.0. The SMILES string of the molecule is CCOC(=O)c1c(-c2ccccc2)csc1NC(=O)c1cccc(Cl)c1. The van der Waals surface area contributed by atoms with Gasteiger partial charge in [-0.05, 0) is 30.7 Å². The van der Waals surface area contributed by atoms with Gasteiger partial charge in [-0.15, -0.1) is 11.3 Å². The van der Waals surface area contributed by atoms with Crippen molar-refractivity contribution in [2.75, 3.05) is 11.9 Å². The van der Waals surface area contributed by atoms with Crippen LogP contribution in [0, 0.1) is 0 Å². The van der Waals surface area contributed by atoms with E-state index in [1.807, 2.05) is 35.7 Å². The molecule has 3 rings (SSSR count). The number of carbonyl (C=O) groups excluding carboxylic acids is 2. The minimum atomic E-state index is -0.464. The summed E-state index contributed by atoms with van der Waals surface area (Å²) in [6.45, 7) is 2.00. The van der Waals surface area contributed by atoms with Crippen molar-refractivity contribution in [1.82, 2.24) is 0 Å². The summed E-state index contributed by atoms with van der Waals surface area (Å²) in [6, 6.07) is 16.2. The predicted octanol–water partition coefficient (Wildman–Crippen LogP) is 5.50. The number of hydrogen-bond donors (Lipinski definition) is 1. The second-order valence-electron chi connectivity index (χ2n) is 5.40. The van der Waals surface area contributed by atoms with Crippen molar-refractivity contribution in [2.45, 2.75) is 6.92 Å². The van der Waals surface area contributed by atoms with Crippen molar-refractivity contribution in [3.8, 4) is 11.1 Å². The number of hydrogen-bond acceptors (Lipinski definition) is 4. The summed E-state index contributed by atoms with van der Waals surface area (Å²) in [5, 5.41) is 5.57. The fourth-order valence-corrected chi connectivity index (χ4v) is 3.63. The highest BCUT2D eigenvalue weighted by atomic mass is 35.5. The molecule has 0 aliphatic rings. The van der Waals surface area contributed by atoms with Gasteiger partial charge in [-0.2, -0.15) is 0 Å². The summed E-state index contributed by atoms with van der Waals surface area (Å²) in [5.74, 6) is -0.798. The molecular weight excluding hydrogens is 370 g/mol. The molecule has 0 aliphatic carbocycles. The molecule has 26 heavy (non-hydrogen) atoms.